The number of hydrogen-bond acceptors (Lipinski definition) is 3. The Morgan fingerprint density at radius 2 is 1.47 bits per heavy atom. The van der Waals surface area contributed by atoms with Gasteiger partial charge < -0.3 is 15.5 Å². The number of nitrogens with one attached hydrogen (secondary N) is 2. The molecule has 7 heteroatoms. The molecule has 0 bridgehead atoms. The van der Waals surface area contributed by atoms with Crippen molar-refractivity contribution in [3.63, 3.8) is 0 Å². The van der Waals surface area contributed by atoms with Crippen LogP contribution in [0.5, 0.6) is 0 Å². The fourth-order valence-corrected chi connectivity index (χ4v) is 4.10. The van der Waals surface area contributed by atoms with Crippen LogP contribution in [0.25, 0.3) is 16.8 Å². The van der Waals surface area contributed by atoms with Crippen LogP contribution in [0, 0.1) is 13.8 Å². The molecule has 0 saturated carbocycles. The van der Waals surface area contributed by atoms with Gasteiger partial charge in [-0.15, -0.1) is 0 Å². The van der Waals surface area contributed by atoms with E-state index >= 15 is 0 Å². The number of aryl methyl sites for hydroxylation is 2. The van der Waals surface area contributed by atoms with Gasteiger partial charge in [0.25, 0.3) is 0 Å². The molecule has 0 aliphatic rings. The van der Waals surface area contributed by atoms with Crippen molar-refractivity contribution in [3.05, 3.63) is 96.2 Å². The van der Waals surface area contributed by atoms with Crippen LogP contribution in [0.15, 0.2) is 84.9 Å². The van der Waals surface area contributed by atoms with Gasteiger partial charge in [0, 0.05) is 17.3 Å². The zero-order valence-corrected chi connectivity index (χ0v) is 21.0. The summed E-state index contributed by atoms with van der Waals surface area (Å²) in [4.78, 5) is 27.9. The molecule has 0 unspecified atom stereocenters. The van der Waals surface area contributed by atoms with Crippen LogP contribution in [-0.2, 0) is 4.79 Å². The molecule has 1 heterocycles. The third-order valence-corrected chi connectivity index (χ3v) is 5.95. The zero-order valence-electron chi connectivity index (χ0n) is 21.0. The molecule has 3 aromatic carbocycles. The maximum absolute atomic E-state index is 13.4. The van der Waals surface area contributed by atoms with E-state index in [9.17, 15) is 9.59 Å². The summed E-state index contributed by atoms with van der Waals surface area (Å²) in [6.45, 7) is 7.60. The fraction of sp³-hybridized carbons (Fsp3) is 0.207. The van der Waals surface area contributed by atoms with E-state index in [2.05, 4.69) is 10.6 Å². The Morgan fingerprint density at radius 1 is 0.861 bits per heavy atom. The Morgan fingerprint density at radius 3 is 2.11 bits per heavy atom. The quantitative estimate of drug-likeness (QED) is 0.338. The van der Waals surface area contributed by atoms with E-state index in [1.54, 1.807) is 4.68 Å². The minimum atomic E-state index is -0.335. The van der Waals surface area contributed by atoms with Crippen molar-refractivity contribution < 1.29 is 9.59 Å². The third kappa shape index (κ3) is 5.46. The number of rotatable bonds is 7. The summed E-state index contributed by atoms with van der Waals surface area (Å²) in [5.41, 5.74) is 5.17. The first kappa shape index (κ1) is 24.7. The lowest BCUT2D eigenvalue weighted by atomic mass is 10.1. The summed E-state index contributed by atoms with van der Waals surface area (Å²) >= 11 is 0. The Kier molecular flexibility index (Phi) is 7.49. The SMILES string of the molecule is Cc1ccccc1-n1nc(C)c(-c2ccccc2)c1NC(=O)CN(C(=O)Nc1ccccc1)C(C)C. The molecule has 0 aliphatic carbocycles. The van der Waals surface area contributed by atoms with E-state index < -0.39 is 0 Å². The molecule has 3 amide bonds. The van der Waals surface area contributed by atoms with Gasteiger partial charge in [0.1, 0.15) is 12.4 Å². The van der Waals surface area contributed by atoms with Crippen LogP contribution >= 0.6 is 0 Å². The van der Waals surface area contributed by atoms with Crippen molar-refractivity contribution in [2.45, 2.75) is 33.7 Å². The van der Waals surface area contributed by atoms with E-state index in [0.717, 1.165) is 28.1 Å². The first-order valence-electron chi connectivity index (χ1n) is 12.0. The van der Waals surface area contributed by atoms with Gasteiger partial charge in [0.05, 0.1) is 11.4 Å². The van der Waals surface area contributed by atoms with Crippen molar-refractivity contribution in [3.8, 4) is 16.8 Å². The van der Waals surface area contributed by atoms with Crippen molar-refractivity contribution in [2.24, 2.45) is 0 Å². The highest BCUT2D eigenvalue weighted by Crippen LogP contribution is 2.34. The topological polar surface area (TPSA) is 79.3 Å². The van der Waals surface area contributed by atoms with E-state index in [1.807, 2.05) is 113 Å². The molecule has 4 aromatic rings. The van der Waals surface area contributed by atoms with Crippen molar-refractivity contribution in [1.82, 2.24) is 14.7 Å². The molecule has 184 valence electrons. The summed E-state index contributed by atoms with van der Waals surface area (Å²) in [5.74, 6) is 0.268. The number of carbonyl (C=O) groups excluding carboxylic acids is 2. The lowest BCUT2D eigenvalue weighted by Crippen LogP contribution is -2.44. The molecule has 0 fully saturated rings. The van der Waals surface area contributed by atoms with Gasteiger partial charge in [0.2, 0.25) is 5.91 Å². The molecule has 0 aliphatic heterocycles. The second kappa shape index (κ2) is 10.9. The van der Waals surface area contributed by atoms with Gasteiger partial charge in [-0.05, 0) is 57.0 Å². The van der Waals surface area contributed by atoms with Crippen LogP contribution in [0.1, 0.15) is 25.1 Å². The summed E-state index contributed by atoms with van der Waals surface area (Å²) in [5, 5.41) is 10.7. The lowest BCUT2D eigenvalue weighted by molar-refractivity contribution is -0.117. The first-order chi connectivity index (χ1) is 17.3. The molecular formula is C29H31N5O2. The van der Waals surface area contributed by atoms with Crippen molar-refractivity contribution in [1.29, 1.82) is 0 Å². The standard InChI is InChI=1S/C29H31N5O2/c1-20(2)33(29(36)30-24-16-9-6-10-17-24)19-26(35)31-28-27(23-14-7-5-8-15-23)22(4)32-34(28)25-18-12-11-13-21(25)3/h5-18,20H,19H2,1-4H3,(H,30,36)(H,31,35). The van der Waals surface area contributed by atoms with Gasteiger partial charge in [-0.2, -0.15) is 5.10 Å². The van der Waals surface area contributed by atoms with Crippen LogP contribution in [0.2, 0.25) is 0 Å². The van der Waals surface area contributed by atoms with E-state index in [-0.39, 0.29) is 24.5 Å². The lowest BCUT2D eigenvalue weighted by Gasteiger charge is -2.26. The molecular weight excluding hydrogens is 450 g/mol. The summed E-state index contributed by atoms with van der Waals surface area (Å²) in [7, 11) is 0. The summed E-state index contributed by atoms with van der Waals surface area (Å²) in [6.07, 6.45) is 0. The minimum absolute atomic E-state index is 0.109. The molecule has 0 spiro atoms. The maximum atomic E-state index is 13.4. The average Bonchev–Trinajstić information content (AvgIpc) is 3.18. The molecule has 0 atom stereocenters. The number of nitrogens with zero attached hydrogens (tertiary/aromatic N) is 3. The van der Waals surface area contributed by atoms with Crippen molar-refractivity contribution >= 4 is 23.4 Å². The number of urea groups is 1. The normalized spacial score (nSPS) is 10.8. The number of benzene rings is 3. The Bertz CT molecular complexity index is 1350. The molecule has 4 rings (SSSR count). The predicted molar refractivity (Wildman–Crippen MR) is 144 cm³/mol. The van der Waals surface area contributed by atoms with Crippen LogP contribution in [0.4, 0.5) is 16.3 Å². The van der Waals surface area contributed by atoms with Crippen LogP contribution in [0.3, 0.4) is 0 Å². The summed E-state index contributed by atoms with van der Waals surface area (Å²) < 4.78 is 1.77. The highest BCUT2D eigenvalue weighted by atomic mass is 16.2. The van der Waals surface area contributed by atoms with Gasteiger partial charge in [-0.3, -0.25) is 4.79 Å². The molecule has 36 heavy (non-hydrogen) atoms. The van der Waals surface area contributed by atoms with E-state index in [4.69, 9.17) is 5.10 Å². The number of aromatic nitrogens is 2. The van der Waals surface area contributed by atoms with Gasteiger partial charge >= 0.3 is 6.03 Å². The highest BCUT2D eigenvalue weighted by molar-refractivity contribution is 5.99. The predicted octanol–water partition coefficient (Wildman–Crippen LogP) is 6.04. The molecule has 0 saturated heterocycles. The molecule has 0 radical (unpaired) electrons. The zero-order chi connectivity index (χ0) is 25.7. The maximum Gasteiger partial charge on any atom is 0.322 e. The van der Waals surface area contributed by atoms with Crippen LogP contribution in [-0.4, -0.2) is 39.2 Å². The average molecular weight is 482 g/mol. The van der Waals surface area contributed by atoms with Gasteiger partial charge in [0.15, 0.2) is 0 Å². The number of carbonyl (C=O) groups is 2. The Hall–Kier alpha value is -4.39. The Balaban J connectivity index is 1.66. The number of para-hydroxylation sites is 2. The monoisotopic (exact) mass is 481 g/mol. The van der Waals surface area contributed by atoms with Crippen molar-refractivity contribution in [2.75, 3.05) is 17.2 Å². The van der Waals surface area contributed by atoms with Gasteiger partial charge in [-0.25, -0.2) is 9.48 Å². The number of amides is 3. The second-order valence-corrected chi connectivity index (χ2v) is 8.94. The smallest absolute Gasteiger partial charge is 0.313 e. The first-order valence-corrected chi connectivity index (χ1v) is 12.0. The van der Waals surface area contributed by atoms with E-state index in [0.29, 0.717) is 11.5 Å². The highest BCUT2D eigenvalue weighted by Gasteiger charge is 2.24. The Labute approximate surface area is 211 Å². The van der Waals surface area contributed by atoms with Crippen LogP contribution < -0.4 is 10.6 Å². The minimum Gasteiger partial charge on any atom is -0.313 e. The largest absolute Gasteiger partial charge is 0.322 e. The number of anilines is 2. The molecule has 7 nitrogen and oxygen atoms in total. The second-order valence-electron chi connectivity index (χ2n) is 8.94. The number of hydrogen-bond donors (Lipinski definition) is 2. The fourth-order valence-electron chi connectivity index (χ4n) is 4.10. The third-order valence-electron chi connectivity index (χ3n) is 5.95. The van der Waals surface area contributed by atoms with Gasteiger partial charge in [-0.1, -0.05) is 66.7 Å². The molecule has 2 N–H and O–H groups in total. The van der Waals surface area contributed by atoms with E-state index in [1.165, 1.54) is 4.90 Å². The summed E-state index contributed by atoms with van der Waals surface area (Å²) in [6, 6.07) is 26.4. The molecule has 1 aromatic heterocycles.